The first-order valence-electron chi connectivity index (χ1n) is 8.50. The predicted octanol–water partition coefficient (Wildman–Crippen LogP) is 3.65. The molecule has 0 aromatic heterocycles. The van der Waals surface area contributed by atoms with E-state index in [1.54, 1.807) is 0 Å². The zero-order valence-corrected chi connectivity index (χ0v) is 13.3. The van der Waals surface area contributed by atoms with Crippen LogP contribution >= 0.6 is 0 Å². The standard InChI is InChI=1S/C17H34N2/c1-4-10-19(13-17(2,3)12-18)16-7-5-6-15(11-16)14-8-9-14/h14-16H,4-13,18H2,1-3H3. The van der Waals surface area contributed by atoms with E-state index in [2.05, 4.69) is 25.7 Å². The van der Waals surface area contributed by atoms with Gasteiger partial charge in [-0.05, 0) is 62.4 Å². The lowest BCUT2D eigenvalue weighted by Crippen LogP contribution is -2.46. The van der Waals surface area contributed by atoms with Crippen LogP contribution in [-0.2, 0) is 0 Å². The average molecular weight is 266 g/mol. The van der Waals surface area contributed by atoms with E-state index in [0.29, 0.717) is 0 Å². The van der Waals surface area contributed by atoms with Gasteiger partial charge < -0.3 is 5.73 Å². The van der Waals surface area contributed by atoms with Crippen molar-refractivity contribution >= 4 is 0 Å². The number of nitrogens with two attached hydrogens (primary N) is 1. The Kier molecular flexibility index (Phi) is 5.30. The van der Waals surface area contributed by atoms with Crippen LogP contribution in [0.3, 0.4) is 0 Å². The first-order valence-corrected chi connectivity index (χ1v) is 8.50. The van der Waals surface area contributed by atoms with E-state index in [1.165, 1.54) is 58.0 Å². The Morgan fingerprint density at radius 2 is 1.84 bits per heavy atom. The van der Waals surface area contributed by atoms with Gasteiger partial charge in [-0.15, -0.1) is 0 Å². The summed E-state index contributed by atoms with van der Waals surface area (Å²) < 4.78 is 0. The molecule has 0 saturated heterocycles. The third-order valence-electron chi connectivity index (χ3n) is 5.19. The van der Waals surface area contributed by atoms with Crippen LogP contribution in [-0.4, -0.2) is 30.6 Å². The van der Waals surface area contributed by atoms with Crippen LogP contribution in [0, 0.1) is 17.3 Å². The van der Waals surface area contributed by atoms with Crippen molar-refractivity contribution in [3.05, 3.63) is 0 Å². The minimum absolute atomic E-state index is 0.266. The monoisotopic (exact) mass is 266 g/mol. The van der Waals surface area contributed by atoms with Gasteiger partial charge >= 0.3 is 0 Å². The summed E-state index contributed by atoms with van der Waals surface area (Å²) in [5.74, 6) is 2.13. The maximum absolute atomic E-state index is 5.94. The topological polar surface area (TPSA) is 29.3 Å². The van der Waals surface area contributed by atoms with Gasteiger partial charge in [-0.3, -0.25) is 4.90 Å². The predicted molar refractivity (Wildman–Crippen MR) is 83.2 cm³/mol. The molecule has 2 nitrogen and oxygen atoms in total. The molecule has 0 aromatic carbocycles. The molecule has 0 radical (unpaired) electrons. The van der Waals surface area contributed by atoms with Crippen LogP contribution < -0.4 is 5.73 Å². The molecule has 2 aliphatic carbocycles. The van der Waals surface area contributed by atoms with Crippen molar-refractivity contribution in [1.29, 1.82) is 0 Å². The molecule has 2 N–H and O–H groups in total. The number of hydrogen-bond acceptors (Lipinski definition) is 2. The van der Waals surface area contributed by atoms with Gasteiger partial charge in [0, 0.05) is 12.6 Å². The van der Waals surface area contributed by atoms with Crippen molar-refractivity contribution in [2.75, 3.05) is 19.6 Å². The van der Waals surface area contributed by atoms with Crippen LogP contribution in [0.15, 0.2) is 0 Å². The molecule has 2 rings (SSSR count). The molecule has 2 atom stereocenters. The Bertz CT molecular complexity index is 270. The van der Waals surface area contributed by atoms with Gasteiger partial charge in [0.1, 0.15) is 0 Å². The third kappa shape index (κ3) is 4.46. The maximum atomic E-state index is 5.94. The van der Waals surface area contributed by atoms with Crippen LogP contribution in [0.5, 0.6) is 0 Å². The summed E-state index contributed by atoms with van der Waals surface area (Å²) in [5, 5.41) is 0. The highest BCUT2D eigenvalue weighted by Crippen LogP contribution is 2.45. The van der Waals surface area contributed by atoms with Gasteiger partial charge in [0.05, 0.1) is 0 Å². The SMILES string of the molecule is CCCN(CC(C)(C)CN)C1CCCC(C2CC2)C1. The number of hydrogen-bond donors (Lipinski definition) is 1. The molecule has 0 aliphatic heterocycles. The largest absolute Gasteiger partial charge is 0.330 e. The summed E-state index contributed by atoms with van der Waals surface area (Å²) in [6.45, 7) is 10.2. The van der Waals surface area contributed by atoms with E-state index in [4.69, 9.17) is 5.73 Å². The Balaban J connectivity index is 1.92. The molecule has 0 heterocycles. The van der Waals surface area contributed by atoms with Crippen LogP contribution in [0.1, 0.15) is 65.7 Å². The molecular formula is C17H34N2. The van der Waals surface area contributed by atoms with Crippen molar-refractivity contribution in [3.63, 3.8) is 0 Å². The van der Waals surface area contributed by atoms with Crippen LogP contribution in [0.25, 0.3) is 0 Å². The van der Waals surface area contributed by atoms with E-state index in [9.17, 15) is 0 Å². The molecular weight excluding hydrogens is 232 g/mol. The van der Waals surface area contributed by atoms with Crippen molar-refractivity contribution in [1.82, 2.24) is 4.90 Å². The van der Waals surface area contributed by atoms with E-state index in [0.717, 1.165) is 24.4 Å². The molecule has 0 bridgehead atoms. The maximum Gasteiger partial charge on any atom is 0.00982 e. The van der Waals surface area contributed by atoms with Crippen molar-refractivity contribution < 1.29 is 0 Å². The summed E-state index contributed by atoms with van der Waals surface area (Å²) in [5.41, 5.74) is 6.20. The Labute approximate surface area is 120 Å². The lowest BCUT2D eigenvalue weighted by molar-refractivity contribution is 0.0852. The summed E-state index contributed by atoms with van der Waals surface area (Å²) in [4.78, 5) is 2.77. The second-order valence-corrected chi connectivity index (χ2v) is 7.76. The van der Waals surface area contributed by atoms with Gasteiger partial charge in [0.25, 0.3) is 0 Å². The molecule has 2 fully saturated rings. The second-order valence-electron chi connectivity index (χ2n) is 7.76. The van der Waals surface area contributed by atoms with E-state index < -0.39 is 0 Å². The highest BCUT2D eigenvalue weighted by molar-refractivity contribution is 4.90. The van der Waals surface area contributed by atoms with E-state index in [1.807, 2.05) is 0 Å². The first kappa shape index (κ1) is 15.3. The van der Waals surface area contributed by atoms with Crippen molar-refractivity contribution in [2.24, 2.45) is 23.0 Å². The minimum atomic E-state index is 0.266. The fourth-order valence-electron chi connectivity index (χ4n) is 3.82. The average Bonchev–Trinajstić information content (AvgIpc) is 3.23. The smallest absolute Gasteiger partial charge is 0.00982 e. The summed E-state index contributed by atoms with van der Waals surface area (Å²) in [6, 6.07) is 0.838. The minimum Gasteiger partial charge on any atom is -0.330 e. The molecule has 19 heavy (non-hydrogen) atoms. The van der Waals surface area contributed by atoms with Crippen molar-refractivity contribution in [2.45, 2.75) is 71.8 Å². The zero-order chi connectivity index (χ0) is 13.9. The van der Waals surface area contributed by atoms with Gasteiger partial charge in [-0.25, -0.2) is 0 Å². The Hall–Kier alpha value is -0.0800. The second kappa shape index (κ2) is 6.58. The molecule has 0 amide bonds. The molecule has 0 spiro atoms. The van der Waals surface area contributed by atoms with Gasteiger partial charge in [0.2, 0.25) is 0 Å². The molecule has 2 heteroatoms. The molecule has 112 valence electrons. The number of rotatable bonds is 7. The third-order valence-corrected chi connectivity index (χ3v) is 5.19. The van der Waals surface area contributed by atoms with Crippen LogP contribution in [0.2, 0.25) is 0 Å². The number of nitrogens with zero attached hydrogens (tertiary/aromatic N) is 1. The fourth-order valence-corrected chi connectivity index (χ4v) is 3.82. The zero-order valence-electron chi connectivity index (χ0n) is 13.3. The van der Waals surface area contributed by atoms with Gasteiger partial charge in [0.15, 0.2) is 0 Å². The van der Waals surface area contributed by atoms with Crippen molar-refractivity contribution in [3.8, 4) is 0 Å². The lowest BCUT2D eigenvalue weighted by atomic mass is 9.81. The molecule has 2 aliphatic rings. The first-order chi connectivity index (χ1) is 9.05. The summed E-state index contributed by atoms with van der Waals surface area (Å²) in [6.07, 6.45) is 10.1. The molecule has 0 aromatic rings. The Morgan fingerprint density at radius 3 is 2.42 bits per heavy atom. The lowest BCUT2D eigenvalue weighted by Gasteiger charge is -2.41. The quantitative estimate of drug-likeness (QED) is 0.762. The normalized spacial score (nSPS) is 28.9. The highest BCUT2D eigenvalue weighted by atomic mass is 15.2. The van der Waals surface area contributed by atoms with E-state index in [-0.39, 0.29) is 5.41 Å². The summed E-state index contributed by atoms with van der Waals surface area (Å²) >= 11 is 0. The fraction of sp³-hybridized carbons (Fsp3) is 1.00. The Morgan fingerprint density at radius 1 is 1.11 bits per heavy atom. The summed E-state index contributed by atoms with van der Waals surface area (Å²) in [7, 11) is 0. The molecule has 2 unspecified atom stereocenters. The van der Waals surface area contributed by atoms with Gasteiger partial charge in [-0.1, -0.05) is 33.6 Å². The van der Waals surface area contributed by atoms with Crippen LogP contribution in [0.4, 0.5) is 0 Å². The highest BCUT2D eigenvalue weighted by Gasteiger charge is 2.36. The van der Waals surface area contributed by atoms with E-state index >= 15 is 0 Å². The van der Waals surface area contributed by atoms with Gasteiger partial charge in [-0.2, -0.15) is 0 Å². The molecule has 2 saturated carbocycles.